The second-order valence-corrected chi connectivity index (χ2v) is 7.90. The maximum atomic E-state index is 12.9. The number of carboxylic acid groups (broad SMARTS) is 2. The fourth-order valence-electron chi connectivity index (χ4n) is 2.94. The summed E-state index contributed by atoms with van der Waals surface area (Å²) in [6, 6.07) is 4.27. The van der Waals surface area contributed by atoms with Crippen LogP contribution in [0.3, 0.4) is 0 Å². The molecule has 0 aliphatic heterocycles. The van der Waals surface area contributed by atoms with Crippen LogP contribution >= 0.6 is 0 Å². The SMILES string of the molecule is CCC(C)C(NC(=O)C(N)Cc1ccccc1)C(=O)NC(CC(=O)O)C(=O)NC(C)C(=O)O. The molecule has 1 aromatic carbocycles. The van der Waals surface area contributed by atoms with E-state index in [0.717, 1.165) is 5.56 Å². The number of nitrogens with two attached hydrogens (primary N) is 1. The third kappa shape index (κ3) is 9.27. The molecule has 5 unspecified atom stereocenters. The lowest BCUT2D eigenvalue weighted by molar-refractivity contribution is -0.143. The van der Waals surface area contributed by atoms with Crippen molar-refractivity contribution in [2.24, 2.45) is 11.7 Å². The van der Waals surface area contributed by atoms with Crippen LogP contribution in [0.1, 0.15) is 39.2 Å². The highest BCUT2D eigenvalue weighted by Gasteiger charge is 2.32. The Bertz CT molecular complexity index is 846. The van der Waals surface area contributed by atoms with E-state index in [1.165, 1.54) is 6.92 Å². The lowest BCUT2D eigenvalue weighted by Crippen LogP contribution is -2.59. The van der Waals surface area contributed by atoms with Crippen LogP contribution in [-0.4, -0.2) is 64.0 Å². The standard InChI is InChI=1S/C22H32N4O7/c1-4-12(2)18(26-19(29)15(23)10-14-8-6-5-7-9-14)21(31)25-16(11-17(27)28)20(30)24-13(3)22(32)33/h5-9,12-13,15-16,18H,4,10-11,23H2,1-3H3,(H,24,30)(H,25,31)(H,26,29)(H,27,28)(H,32,33). The molecule has 0 heterocycles. The van der Waals surface area contributed by atoms with E-state index < -0.39 is 60.2 Å². The lowest BCUT2D eigenvalue weighted by Gasteiger charge is -2.27. The van der Waals surface area contributed by atoms with E-state index in [1.54, 1.807) is 13.8 Å². The van der Waals surface area contributed by atoms with Gasteiger partial charge in [-0.05, 0) is 24.8 Å². The summed E-state index contributed by atoms with van der Waals surface area (Å²) < 4.78 is 0. The number of carboxylic acids is 2. The monoisotopic (exact) mass is 464 g/mol. The summed E-state index contributed by atoms with van der Waals surface area (Å²) in [6.45, 7) is 4.72. The smallest absolute Gasteiger partial charge is 0.325 e. The second-order valence-electron chi connectivity index (χ2n) is 7.90. The molecule has 0 saturated carbocycles. The minimum Gasteiger partial charge on any atom is -0.481 e. The van der Waals surface area contributed by atoms with Crippen molar-refractivity contribution < 1.29 is 34.2 Å². The molecule has 11 nitrogen and oxygen atoms in total. The summed E-state index contributed by atoms with van der Waals surface area (Å²) >= 11 is 0. The van der Waals surface area contributed by atoms with Gasteiger partial charge < -0.3 is 31.9 Å². The fourth-order valence-corrected chi connectivity index (χ4v) is 2.94. The van der Waals surface area contributed by atoms with Crippen LogP contribution in [0.2, 0.25) is 0 Å². The van der Waals surface area contributed by atoms with E-state index in [-0.39, 0.29) is 12.3 Å². The number of aliphatic carboxylic acids is 2. The zero-order chi connectivity index (χ0) is 25.1. The summed E-state index contributed by atoms with van der Waals surface area (Å²) in [5.41, 5.74) is 6.84. The Balaban J connectivity index is 2.94. The highest BCUT2D eigenvalue weighted by molar-refractivity contribution is 5.95. The molecule has 3 amide bonds. The van der Waals surface area contributed by atoms with Gasteiger partial charge in [-0.25, -0.2) is 0 Å². The first-order chi connectivity index (χ1) is 15.5. The molecule has 182 valence electrons. The molecule has 0 bridgehead atoms. The van der Waals surface area contributed by atoms with Gasteiger partial charge >= 0.3 is 11.9 Å². The molecule has 0 aliphatic rings. The first kappa shape index (κ1) is 27.6. The minimum absolute atomic E-state index is 0.249. The molecule has 5 atom stereocenters. The highest BCUT2D eigenvalue weighted by atomic mass is 16.4. The Morgan fingerprint density at radius 2 is 1.52 bits per heavy atom. The molecule has 7 N–H and O–H groups in total. The number of benzene rings is 1. The zero-order valence-corrected chi connectivity index (χ0v) is 18.9. The van der Waals surface area contributed by atoms with Crippen molar-refractivity contribution in [2.45, 2.75) is 64.2 Å². The summed E-state index contributed by atoms with van der Waals surface area (Å²) in [7, 11) is 0. The fraction of sp³-hybridized carbons (Fsp3) is 0.500. The molecule has 1 rings (SSSR count). The number of carbonyl (C=O) groups is 5. The molecule has 0 aliphatic carbocycles. The third-order valence-corrected chi connectivity index (χ3v) is 5.17. The average molecular weight is 465 g/mol. The maximum absolute atomic E-state index is 12.9. The molecular weight excluding hydrogens is 432 g/mol. The van der Waals surface area contributed by atoms with Crippen molar-refractivity contribution in [2.75, 3.05) is 0 Å². The van der Waals surface area contributed by atoms with Crippen LogP contribution in [-0.2, 0) is 30.4 Å². The summed E-state index contributed by atoms with van der Waals surface area (Å²) in [5, 5.41) is 25.1. The largest absolute Gasteiger partial charge is 0.481 e. The zero-order valence-electron chi connectivity index (χ0n) is 18.9. The number of carbonyl (C=O) groups excluding carboxylic acids is 3. The molecule has 1 aromatic rings. The predicted octanol–water partition coefficient (Wildman–Crippen LogP) is -0.364. The Labute approximate surface area is 192 Å². The summed E-state index contributed by atoms with van der Waals surface area (Å²) in [5.74, 6) is -5.35. The first-order valence-corrected chi connectivity index (χ1v) is 10.6. The number of hydrogen-bond donors (Lipinski definition) is 6. The number of amides is 3. The van der Waals surface area contributed by atoms with E-state index >= 15 is 0 Å². The third-order valence-electron chi connectivity index (χ3n) is 5.17. The molecule has 0 spiro atoms. The molecule has 0 aromatic heterocycles. The Hall–Kier alpha value is -3.47. The van der Waals surface area contributed by atoms with E-state index in [0.29, 0.717) is 6.42 Å². The van der Waals surface area contributed by atoms with Gasteiger partial charge in [0.25, 0.3) is 0 Å². The van der Waals surface area contributed by atoms with Gasteiger partial charge in [0, 0.05) is 0 Å². The number of hydrogen-bond acceptors (Lipinski definition) is 6. The van der Waals surface area contributed by atoms with E-state index in [1.807, 2.05) is 30.3 Å². The maximum Gasteiger partial charge on any atom is 0.325 e. The second kappa shape index (κ2) is 13.2. The topological polar surface area (TPSA) is 188 Å². The van der Waals surface area contributed by atoms with Crippen molar-refractivity contribution in [3.05, 3.63) is 35.9 Å². The van der Waals surface area contributed by atoms with Gasteiger partial charge in [-0.2, -0.15) is 0 Å². The number of rotatable bonds is 13. The Morgan fingerprint density at radius 3 is 2.03 bits per heavy atom. The normalized spacial score (nSPS) is 15.3. The number of nitrogens with one attached hydrogen (secondary N) is 3. The molecule has 0 saturated heterocycles. The molecule has 11 heteroatoms. The average Bonchev–Trinajstić information content (AvgIpc) is 2.76. The van der Waals surface area contributed by atoms with Crippen molar-refractivity contribution in [1.29, 1.82) is 0 Å². The van der Waals surface area contributed by atoms with Gasteiger partial charge in [-0.1, -0.05) is 50.6 Å². The van der Waals surface area contributed by atoms with E-state index in [9.17, 15) is 24.0 Å². The Kier molecular flexibility index (Phi) is 11.0. The van der Waals surface area contributed by atoms with Gasteiger partial charge in [0.2, 0.25) is 17.7 Å². The first-order valence-electron chi connectivity index (χ1n) is 10.6. The van der Waals surface area contributed by atoms with Crippen LogP contribution in [0.4, 0.5) is 0 Å². The van der Waals surface area contributed by atoms with Crippen LogP contribution < -0.4 is 21.7 Å². The van der Waals surface area contributed by atoms with Crippen molar-refractivity contribution >= 4 is 29.7 Å². The van der Waals surface area contributed by atoms with E-state index in [2.05, 4.69) is 16.0 Å². The predicted molar refractivity (Wildman–Crippen MR) is 119 cm³/mol. The van der Waals surface area contributed by atoms with Gasteiger partial charge in [0.1, 0.15) is 18.1 Å². The minimum atomic E-state index is -1.53. The quantitative estimate of drug-likeness (QED) is 0.228. The van der Waals surface area contributed by atoms with Crippen molar-refractivity contribution in [3.63, 3.8) is 0 Å². The van der Waals surface area contributed by atoms with Crippen LogP contribution in [0.25, 0.3) is 0 Å². The van der Waals surface area contributed by atoms with Gasteiger partial charge in [0.15, 0.2) is 0 Å². The molecule has 0 radical (unpaired) electrons. The van der Waals surface area contributed by atoms with Crippen LogP contribution in [0, 0.1) is 5.92 Å². The molecular formula is C22H32N4O7. The van der Waals surface area contributed by atoms with Gasteiger partial charge in [0.05, 0.1) is 12.5 Å². The summed E-state index contributed by atoms with van der Waals surface area (Å²) in [4.78, 5) is 60.1. The van der Waals surface area contributed by atoms with Crippen molar-refractivity contribution in [1.82, 2.24) is 16.0 Å². The lowest BCUT2D eigenvalue weighted by atomic mass is 9.96. The summed E-state index contributed by atoms with van der Waals surface area (Å²) in [6.07, 6.45) is -0.0185. The van der Waals surface area contributed by atoms with Crippen LogP contribution in [0.5, 0.6) is 0 Å². The van der Waals surface area contributed by atoms with E-state index in [4.69, 9.17) is 15.9 Å². The Morgan fingerprint density at radius 1 is 0.909 bits per heavy atom. The highest BCUT2D eigenvalue weighted by Crippen LogP contribution is 2.10. The van der Waals surface area contributed by atoms with Gasteiger partial charge in [-0.3, -0.25) is 24.0 Å². The molecule has 33 heavy (non-hydrogen) atoms. The van der Waals surface area contributed by atoms with Crippen LogP contribution in [0.15, 0.2) is 30.3 Å². The van der Waals surface area contributed by atoms with Crippen molar-refractivity contribution in [3.8, 4) is 0 Å². The van der Waals surface area contributed by atoms with Gasteiger partial charge in [-0.15, -0.1) is 0 Å². The molecule has 0 fully saturated rings.